The summed E-state index contributed by atoms with van der Waals surface area (Å²) in [6.45, 7) is 2.15. The molecule has 1 saturated heterocycles. The van der Waals surface area contributed by atoms with Gasteiger partial charge in [0.1, 0.15) is 5.82 Å². The maximum absolute atomic E-state index is 13.4. The van der Waals surface area contributed by atoms with E-state index in [1.807, 2.05) is 6.07 Å². The molecule has 1 N–H and O–H groups in total. The SMILES string of the molecule is CN1CCCC(CNC2CC2)C1c1ccc(F)c(Cl)c1. The van der Waals surface area contributed by atoms with Crippen LogP contribution in [-0.2, 0) is 0 Å². The summed E-state index contributed by atoms with van der Waals surface area (Å²) in [4.78, 5) is 2.38. The number of halogens is 2. The molecule has 1 saturated carbocycles. The summed E-state index contributed by atoms with van der Waals surface area (Å²) < 4.78 is 13.4. The second-order valence-corrected chi connectivity index (χ2v) is 6.59. The lowest BCUT2D eigenvalue weighted by molar-refractivity contribution is 0.119. The zero-order valence-corrected chi connectivity index (χ0v) is 12.7. The molecule has 1 aromatic rings. The fourth-order valence-electron chi connectivity index (χ4n) is 3.30. The van der Waals surface area contributed by atoms with Gasteiger partial charge < -0.3 is 5.32 Å². The number of piperidine rings is 1. The van der Waals surface area contributed by atoms with Crippen LogP contribution in [0.2, 0.25) is 5.02 Å². The highest BCUT2D eigenvalue weighted by Crippen LogP contribution is 2.36. The van der Waals surface area contributed by atoms with Crippen LogP contribution in [0, 0.1) is 11.7 Å². The normalized spacial score (nSPS) is 27.8. The number of hydrogen-bond acceptors (Lipinski definition) is 2. The van der Waals surface area contributed by atoms with Crippen molar-refractivity contribution in [2.24, 2.45) is 5.92 Å². The quantitative estimate of drug-likeness (QED) is 0.913. The third-order valence-electron chi connectivity index (χ3n) is 4.54. The van der Waals surface area contributed by atoms with Crippen molar-refractivity contribution in [3.8, 4) is 0 Å². The predicted molar refractivity (Wildman–Crippen MR) is 80.5 cm³/mol. The van der Waals surface area contributed by atoms with Gasteiger partial charge in [-0.2, -0.15) is 0 Å². The van der Waals surface area contributed by atoms with E-state index < -0.39 is 0 Å². The molecule has 0 spiro atoms. The molecular formula is C16H22ClFN2. The minimum atomic E-state index is -0.332. The van der Waals surface area contributed by atoms with Crippen LogP contribution < -0.4 is 5.32 Å². The van der Waals surface area contributed by atoms with Crippen molar-refractivity contribution in [3.63, 3.8) is 0 Å². The average molecular weight is 297 g/mol. The molecule has 1 aliphatic carbocycles. The Labute approximate surface area is 125 Å². The molecule has 3 rings (SSSR count). The van der Waals surface area contributed by atoms with Gasteiger partial charge in [0.25, 0.3) is 0 Å². The molecule has 2 fully saturated rings. The van der Waals surface area contributed by atoms with Gasteiger partial charge in [-0.1, -0.05) is 17.7 Å². The average Bonchev–Trinajstić information content (AvgIpc) is 3.24. The molecule has 0 radical (unpaired) electrons. The Balaban J connectivity index is 1.78. The lowest BCUT2D eigenvalue weighted by atomic mass is 9.85. The number of benzene rings is 1. The summed E-state index contributed by atoms with van der Waals surface area (Å²) in [6.07, 6.45) is 5.09. The van der Waals surface area contributed by atoms with E-state index in [1.54, 1.807) is 6.07 Å². The minimum Gasteiger partial charge on any atom is -0.314 e. The summed E-state index contributed by atoms with van der Waals surface area (Å²) in [5.74, 6) is 0.248. The monoisotopic (exact) mass is 296 g/mol. The molecule has 2 atom stereocenters. The Kier molecular flexibility index (Phi) is 4.29. The predicted octanol–water partition coefficient (Wildman–Crippen LogP) is 3.61. The Morgan fingerprint density at radius 3 is 2.85 bits per heavy atom. The molecule has 1 aliphatic heterocycles. The Bertz CT molecular complexity index is 476. The maximum Gasteiger partial charge on any atom is 0.141 e. The zero-order valence-electron chi connectivity index (χ0n) is 11.9. The van der Waals surface area contributed by atoms with Gasteiger partial charge in [0.05, 0.1) is 5.02 Å². The first-order valence-corrected chi connectivity index (χ1v) is 7.91. The van der Waals surface area contributed by atoms with E-state index >= 15 is 0 Å². The van der Waals surface area contributed by atoms with Crippen LogP contribution in [0.3, 0.4) is 0 Å². The van der Waals surface area contributed by atoms with Crippen LogP contribution in [0.5, 0.6) is 0 Å². The highest BCUT2D eigenvalue weighted by atomic mass is 35.5. The lowest BCUT2D eigenvalue weighted by Gasteiger charge is -2.40. The molecule has 20 heavy (non-hydrogen) atoms. The van der Waals surface area contributed by atoms with Crippen LogP contribution in [0.15, 0.2) is 18.2 Å². The van der Waals surface area contributed by atoms with Gasteiger partial charge in [0.15, 0.2) is 0 Å². The largest absolute Gasteiger partial charge is 0.314 e. The fourth-order valence-corrected chi connectivity index (χ4v) is 3.49. The molecule has 2 nitrogen and oxygen atoms in total. The van der Waals surface area contributed by atoms with Gasteiger partial charge in [0, 0.05) is 18.6 Å². The van der Waals surface area contributed by atoms with Crippen molar-refractivity contribution in [3.05, 3.63) is 34.6 Å². The molecule has 0 aromatic heterocycles. The summed E-state index contributed by atoms with van der Waals surface area (Å²) in [7, 11) is 2.16. The highest BCUT2D eigenvalue weighted by molar-refractivity contribution is 6.30. The van der Waals surface area contributed by atoms with Gasteiger partial charge >= 0.3 is 0 Å². The topological polar surface area (TPSA) is 15.3 Å². The Hall–Kier alpha value is -0.640. The molecule has 2 aliphatic rings. The number of likely N-dealkylation sites (tertiary alicyclic amines) is 1. The molecule has 1 aromatic carbocycles. The summed E-state index contributed by atoms with van der Waals surface area (Å²) >= 11 is 5.96. The first-order chi connectivity index (χ1) is 9.65. The van der Waals surface area contributed by atoms with E-state index in [-0.39, 0.29) is 10.8 Å². The number of rotatable bonds is 4. The molecule has 0 bridgehead atoms. The van der Waals surface area contributed by atoms with E-state index in [4.69, 9.17) is 11.6 Å². The number of nitrogens with zero attached hydrogens (tertiary/aromatic N) is 1. The molecule has 4 heteroatoms. The van der Waals surface area contributed by atoms with E-state index in [0.717, 1.165) is 24.7 Å². The molecule has 2 unspecified atom stereocenters. The number of hydrogen-bond donors (Lipinski definition) is 1. The van der Waals surface area contributed by atoms with Crippen LogP contribution in [-0.4, -0.2) is 31.1 Å². The van der Waals surface area contributed by atoms with Crippen molar-refractivity contribution < 1.29 is 4.39 Å². The van der Waals surface area contributed by atoms with Crippen molar-refractivity contribution in [2.75, 3.05) is 20.1 Å². The standard InChI is InChI=1S/C16H22ClFN2/c1-20-8-2-3-12(10-19-13-5-6-13)16(20)11-4-7-15(18)14(17)9-11/h4,7,9,12-13,16,19H,2-3,5-6,8,10H2,1H3. The maximum atomic E-state index is 13.4. The zero-order chi connectivity index (χ0) is 14.1. The van der Waals surface area contributed by atoms with E-state index in [0.29, 0.717) is 12.0 Å². The van der Waals surface area contributed by atoms with Crippen LogP contribution in [0.4, 0.5) is 4.39 Å². The second-order valence-electron chi connectivity index (χ2n) is 6.18. The van der Waals surface area contributed by atoms with Gasteiger partial charge in [-0.05, 0) is 62.9 Å². The van der Waals surface area contributed by atoms with Gasteiger partial charge in [-0.25, -0.2) is 4.39 Å². The molecular weight excluding hydrogens is 275 g/mol. The first-order valence-electron chi connectivity index (χ1n) is 7.53. The third-order valence-corrected chi connectivity index (χ3v) is 4.83. The Morgan fingerprint density at radius 2 is 2.15 bits per heavy atom. The fraction of sp³-hybridized carbons (Fsp3) is 0.625. The van der Waals surface area contributed by atoms with Gasteiger partial charge in [-0.15, -0.1) is 0 Å². The number of nitrogens with one attached hydrogen (secondary N) is 1. The highest BCUT2D eigenvalue weighted by Gasteiger charge is 2.32. The lowest BCUT2D eigenvalue weighted by Crippen LogP contribution is -2.41. The van der Waals surface area contributed by atoms with Crippen LogP contribution in [0.1, 0.15) is 37.3 Å². The van der Waals surface area contributed by atoms with Crippen molar-refractivity contribution in [1.82, 2.24) is 10.2 Å². The summed E-state index contributed by atoms with van der Waals surface area (Å²) in [5, 5.41) is 3.87. The smallest absolute Gasteiger partial charge is 0.141 e. The van der Waals surface area contributed by atoms with Crippen molar-refractivity contribution in [2.45, 2.75) is 37.8 Å². The second kappa shape index (κ2) is 6.00. The third kappa shape index (κ3) is 3.16. The van der Waals surface area contributed by atoms with E-state index in [1.165, 1.54) is 31.7 Å². The van der Waals surface area contributed by atoms with Crippen LogP contribution >= 0.6 is 11.6 Å². The van der Waals surface area contributed by atoms with Gasteiger partial charge in [0.2, 0.25) is 0 Å². The minimum absolute atomic E-state index is 0.232. The van der Waals surface area contributed by atoms with Crippen molar-refractivity contribution in [1.29, 1.82) is 0 Å². The summed E-state index contributed by atoms with van der Waals surface area (Å²) in [6, 6.07) is 6.25. The molecule has 1 heterocycles. The van der Waals surface area contributed by atoms with E-state index in [9.17, 15) is 4.39 Å². The van der Waals surface area contributed by atoms with E-state index in [2.05, 4.69) is 17.3 Å². The molecule has 110 valence electrons. The first kappa shape index (κ1) is 14.3. The van der Waals surface area contributed by atoms with Crippen LogP contribution in [0.25, 0.3) is 0 Å². The Morgan fingerprint density at radius 1 is 1.35 bits per heavy atom. The van der Waals surface area contributed by atoms with Crippen molar-refractivity contribution >= 4 is 11.6 Å². The molecule has 0 amide bonds. The summed E-state index contributed by atoms with van der Waals surface area (Å²) in [5.41, 5.74) is 1.14. The van der Waals surface area contributed by atoms with Gasteiger partial charge in [-0.3, -0.25) is 4.90 Å².